The predicted octanol–water partition coefficient (Wildman–Crippen LogP) is 3.39. The normalized spacial score (nSPS) is 31.0. The van der Waals surface area contributed by atoms with Crippen LogP contribution in [0.1, 0.15) is 42.1 Å². The molecule has 98 valence electrons. The Labute approximate surface area is 109 Å². The van der Waals surface area contributed by atoms with Gasteiger partial charge in [-0.25, -0.2) is 0 Å². The molecule has 1 aromatic rings. The zero-order chi connectivity index (χ0) is 12.9. The molecule has 0 aromatic heterocycles. The molecule has 18 heavy (non-hydrogen) atoms. The number of hydrogen-bond acceptors (Lipinski definition) is 2. The summed E-state index contributed by atoms with van der Waals surface area (Å²) in [6.45, 7) is 4.15. The van der Waals surface area contributed by atoms with Gasteiger partial charge in [-0.1, -0.05) is 18.6 Å². The molecule has 2 fully saturated rings. The standard InChI is InChI=1S/C16H22O2/c1-9-7-8-13(16(18-3)10(9)2)15(17)14-11-5-4-6-12(11)14/h7-8,11-12,14-15,17H,4-6H2,1-3H3. The van der Waals surface area contributed by atoms with Crippen molar-refractivity contribution in [1.82, 2.24) is 0 Å². The number of ether oxygens (including phenoxy) is 1. The van der Waals surface area contributed by atoms with Crippen molar-refractivity contribution in [2.24, 2.45) is 17.8 Å². The Bertz CT molecular complexity index is 456. The molecule has 3 unspecified atom stereocenters. The molecule has 3 rings (SSSR count). The van der Waals surface area contributed by atoms with Crippen LogP contribution in [0.25, 0.3) is 0 Å². The zero-order valence-corrected chi connectivity index (χ0v) is 11.4. The number of rotatable bonds is 3. The number of aliphatic hydroxyl groups is 1. The van der Waals surface area contributed by atoms with E-state index in [9.17, 15) is 5.11 Å². The maximum atomic E-state index is 10.6. The monoisotopic (exact) mass is 246 g/mol. The second kappa shape index (κ2) is 4.27. The van der Waals surface area contributed by atoms with E-state index in [-0.39, 0.29) is 6.10 Å². The summed E-state index contributed by atoms with van der Waals surface area (Å²) in [6, 6.07) is 4.13. The van der Waals surface area contributed by atoms with E-state index < -0.39 is 0 Å². The first kappa shape index (κ1) is 12.0. The first-order chi connectivity index (χ1) is 8.65. The number of hydrogen-bond donors (Lipinski definition) is 1. The molecule has 1 aromatic carbocycles. The Balaban J connectivity index is 1.90. The van der Waals surface area contributed by atoms with Crippen molar-refractivity contribution in [2.75, 3.05) is 7.11 Å². The van der Waals surface area contributed by atoms with Crippen LogP contribution in [-0.4, -0.2) is 12.2 Å². The lowest BCUT2D eigenvalue weighted by molar-refractivity contribution is 0.133. The summed E-state index contributed by atoms with van der Waals surface area (Å²) in [5, 5.41) is 10.6. The summed E-state index contributed by atoms with van der Waals surface area (Å²) in [5.41, 5.74) is 3.36. The van der Waals surface area contributed by atoms with Crippen molar-refractivity contribution < 1.29 is 9.84 Å². The van der Waals surface area contributed by atoms with Gasteiger partial charge in [0.1, 0.15) is 5.75 Å². The van der Waals surface area contributed by atoms with E-state index in [1.165, 1.54) is 24.8 Å². The van der Waals surface area contributed by atoms with E-state index in [1.807, 2.05) is 6.07 Å². The second-order valence-corrected chi connectivity index (χ2v) is 5.91. The first-order valence-corrected chi connectivity index (χ1v) is 6.97. The van der Waals surface area contributed by atoms with Gasteiger partial charge in [-0.3, -0.25) is 0 Å². The molecule has 0 aliphatic heterocycles. The topological polar surface area (TPSA) is 29.5 Å². The quantitative estimate of drug-likeness (QED) is 0.885. The molecule has 0 amide bonds. The van der Waals surface area contributed by atoms with Gasteiger partial charge in [0.2, 0.25) is 0 Å². The fourth-order valence-electron chi connectivity index (χ4n) is 3.87. The first-order valence-electron chi connectivity index (χ1n) is 6.97. The number of methoxy groups -OCH3 is 1. The van der Waals surface area contributed by atoms with Gasteiger partial charge < -0.3 is 9.84 Å². The number of aryl methyl sites for hydroxylation is 1. The van der Waals surface area contributed by atoms with Crippen LogP contribution in [0.3, 0.4) is 0 Å². The third-order valence-electron chi connectivity index (χ3n) is 5.07. The van der Waals surface area contributed by atoms with Crippen molar-refractivity contribution in [3.63, 3.8) is 0 Å². The lowest BCUT2D eigenvalue weighted by atomic mass is 9.95. The summed E-state index contributed by atoms with van der Waals surface area (Å²) in [7, 11) is 1.70. The lowest BCUT2D eigenvalue weighted by Gasteiger charge is -2.19. The fraction of sp³-hybridized carbons (Fsp3) is 0.625. The molecule has 2 aliphatic carbocycles. The van der Waals surface area contributed by atoms with E-state index in [1.54, 1.807) is 7.11 Å². The summed E-state index contributed by atoms with van der Waals surface area (Å²) in [6.07, 6.45) is 3.62. The van der Waals surface area contributed by atoms with Gasteiger partial charge in [0, 0.05) is 5.56 Å². The number of fused-ring (bicyclic) bond motifs is 1. The molecule has 2 aliphatic rings. The number of benzene rings is 1. The highest BCUT2D eigenvalue weighted by Crippen LogP contribution is 2.62. The molecule has 0 bridgehead atoms. The van der Waals surface area contributed by atoms with Crippen LogP contribution >= 0.6 is 0 Å². The summed E-state index contributed by atoms with van der Waals surface area (Å²) in [4.78, 5) is 0. The molecule has 2 heteroatoms. The smallest absolute Gasteiger partial charge is 0.127 e. The van der Waals surface area contributed by atoms with Crippen molar-refractivity contribution >= 4 is 0 Å². The molecule has 2 saturated carbocycles. The van der Waals surface area contributed by atoms with Gasteiger partial charge in [-0.2, -0.15) is 0 Å². The summed E-state index contributed by atoms with van der Waals surface area (Å²) < 4.78 is 5.52. The minimum absolute atomic E-state index is 0.338. The Morgan fingerprint density at radius 3 is 2.50 bits per heavy atom. The molecule has 0 heterocycles. The van der Waals surface area contributed by atoms with Gasteiger partial charge in [0.05, 0.1) is 13.2 Å². The average Bonchev–Trinajstić information content (AvgIpc) is 2.84. The van der Waals surface area contributed by atoms with Crippen LogP contribution in [0.2, 0.25) is 0 Å². The molecular weight excluding hydrogens is 224 g/mol. The van der Waals surface area contributed by atoms with Crippen molar-refractivity contribution in [1.29, 1.82) is 0 Å². The van der Waals surface area contributed by atoms with Gasteiger partial charge in [0.15, 0.2) is 0 Å². The Hall–Kier alpha value is -1.02. The van der Waals surface area contributed by atoms with Gasteiger partial charge in [0.25, 0.3) is 0 Å². The second-order valence-electron chi connectivity index (χ2n) is 5.91. The van der Waals surface area contributed by atoms with Crippen LogP contribution in [-0.2, 0) is 0 Å². The zero-order valence-electron chi connectivity index (χ0n) is 11.4. The van der Waals surface area contributed by atoms with Crippen LogP contribution in [0.15, 0.2) is 12.1 Å². The Morgan fingerprint density at radius 2 is 1.89 bits per heavy atom. The molecule has 2 nitrogen and oxygen atoms in total. The highest BCUT2D eigenvalue weighted by Gasteiger charge is 2.56. The predicted molar refractivity (Wildman–Crippen MR) is 71.7 cm³/mol. The molecule has 0 spiro atoms. The van der Waals surface area contributed by atoms with Crippen LogP contribution in [0.4, 0.5) is 0 Å². The van der Waals surface area contributed by atoms with Crippen LogP contribution < -0.4 is 4.74 Å². The van der Waals surface area contributed by atoms with Crippen molar-refractivity contribution in [3.05, 3.63) is 28.8 Å². The molecular formula is C16H22O2. The van der Waals surface area contributed by atoms with Gasteiger partial charge in [-0.05, 0) is 55.6 Å². The minimum atomic E-state index is -0.338. The number of aliphatic hydroxyl groups excluding tert-OH is 1. The Morgan fingerprint density at radius 1 is 1.22 bits per heavy atom. The molecule has 0 radical (unpaired) electrons. The highest BCUT2D eigenvalue weighted by molar-refractivity contribution is 5.47. The van der Waals surface area contributed by atoms with E-state index in [0.29, 0.717) is 5.92 Å². The van der Waals surface area contributed by atoms with Crippen LogP contribution in [0.5, 0.6) is 5.75 Å². The fourth-order valence-corrected chi connectivity index (χ4v) is 3.87. The summed E-state index contributed by atoms with van der Waals surface area (Å²) >= 11 is 0. The lowest BCUT2D eigenvalue weighted by Crippen LogP contribution is -2.07. The van der Waals surface area contributed by atoms with E-state index >= 15 is 0 Å². The van der Waals surface area contributed by atoms with E-state index in [0.717, 1.165) is 28.7 Å². The van der Waals surface area contributed by atoms with Crippen LogP contribution in [0, 0.1) is 31.6 Å². The SMILES string of the molecule is COc1c(C(O)C2C3CCCC32)ccc(C)c1C. The van der Waals surface area contributed by atoms with Gasteiger partial charge >= 0.3 is 0 Å². The molecule has 1 N–H and O–H groups in total. The highest BCUT2D eigenvalue weighted by atomic mass is 16.5. The van der Waals surface area contributed by atoms with Gasteiger partial charge in [-0.15, -0.1) is 0 Å². The molecule has 0 saturated heterocycles. The third-order valence-corrected chi connectivity index (χ3v) is 5.07. The Kier molecular flexibility index (Phi) is 2.86. The van der Waals surface area contributed by atoms with Crippen molar-refractivity contribution in [3.8, 4) is 5.75 Å². The average molecular weight is 246 g/mol. The minimum Gasteiger partial charge on any atom is -0.496 e. The maximum Gasteiger partial charge on any atom is 0.127 e. The van der Waals surface area contributed by atoms with E-state index in [4.69, 9.17) is 4.74 Å². The largest absolute Gasteiger partial charge is 0.496 e. The third kappa shape index (κ3) is 1.66. The summed E-state index contributed by atoms with van der Waals surface area (Å²) in [5.74, 6) is 2.90. The maximum absolute atomic E-state index is 10.6. The van der Waals surface area contributed by atoms with E-state index in [2.05, 4.69) is 19.9 Å². The van der Waals surface area contributed by atoms with Crippen molar-refractivity contribution in [2.45, 2.75) is 39.2 Å². The molecule has 3 atom stereocenters.